The van der Waals surface area contributed by atoms with Gasteiger partial charge in [-0.05, 0) is 12.0 Å². The third kappa shape index (κ3) is 3.46. The topological polar surface area (TPSA) is 60.7 Å². The van der Waals surface area contributed by atoms with Crippen LogP contribution in [-0.4, -0.2) is 34.1 Å². The molecule has 0 saturated heterocycles. The van der Waals surface area contributed by atoms with Gasteiger partial charge < -0.3 is 15.3 Å². The Morgan fingerprint density at radius 2 is 1.64 bits per heavy atom. The fourth-order valence-corrected chi connectivity index (χ4v) is 1.32. The summed E-state index contributed by atoms with van der Waals surface area (Å²) in [7, 11) is 0. The molecule has 0 fully saturated rings. The summed E-state index contributed by atoms with van der Waals surface area (Å²) < 4.78 is 0. The predicted octanol–water partition coefficient (Wildman–Crippen LogP) is 0.333. The molecule has 0 spiro atoms. The molecule has 1 aromatic rings. The number of aliphatic hydroxyl groups excluding tert-OH is 3. The number of hydrogen-bond acceptors (Lipinski definition) is 3. The van der Waals surface area contributed by atoms with Crippen molar-refractivity contribution >= 4 is 0 Å². The quantitative estimate of drug-likeness (QED) is 0.636. The van der Waals surface area contributed by atoms with Crippen LogP contribution in [0.1, 0.15) is 12.0 Å². The van der Waals surface area contributed by atoms with Crippen LogP contribution in [-0.2, 0) is 6.42 Å². The highest BCUT2D eigenvalue weighted by Gasteiger charge is 2.15. The summed E-state index contributed by atoms with van der Waals surface area (Å²) in [4.78, 5) is 0. The van der Waals surface area contributed by atoms with Gasteiger partial charge >= 0.3 is 0 Å². The Kier molecular flexibility index (Phi) is 4.59. The second-order valence-electron chi connectivity index (χ2n) is 3.34. The minimum Gasteiger partial charge on any atom is -0.396 e. The Labute approximate surface area is 83.6 Å². The van der Waals surface area contributed by atoms with Crippen molar-refractivity contribution in [1.82, 2.24) is 0 Å². The summed E-state index contributed by atoms with van der Waals surface area (Å²) in [5.74, 6) is 0. The van der Waals surface area contributed by atoms with Crippen LogP contribution >= 0.6 is 0 Å². The number of hydrogen-bond donors (Lipinski definition) is 3. The Bertz CT molecular complexity index is 248. The summed E-state index contributed by atoms with van der Waals surface area (Å²) in [6.45, 7) is -0.104. The lowest BCUT2D eigenvalue weighted by atomic mass is 10.0. The van der Waals surface area contributed by atoms with Crippen molar-refractivity contribution in [3.8, 4) is 0 Å². The minimum absolute atomic E-state index is 0.104. The standard InChI is InChI=1S/C11H16O3/c12-7-6-10(13)11(14)8-9-4-2-1-3-5-9/h1-5,10-14H,6-8H2/t10-,11-/m1/s1. The van der Waals surface area contributed by atoms with E-state index in [1.54, 1.807) is 0 Å². The van der Waals surface area contributed by atoms with E-state index >= 15 is 0 Å². The van der Waals surface area contributed by atoms with Gasteiger partial charge in [-0.25, -0.2) is 0 Å². The van der Waals surface area contributed by atoms with Gasteiger partial charge in [0.15, 0.2) is 0 Å². The molecule has 78 valence electrons. The van der Waals surface area contributed by atoms with E-state index in [1.165, 1.54) is 0 Å². The molecule has 0 aliphatic carbocycles. The molecule has 0 aromatic heterocycles. The molecular weight excluding hydrogens is 180 g/mol. The third-order valence-electron chi connectivity index (χ3n) is 2.16. The second-order valence-corrected chi connectivity index (χ2v) is 3.34. The maximum Gasteiger partial charge on any atom is 0.0840 e. The molecule has 0 saturated carbocycles. The fraction of sp³-hybridized carbons (Fsp3) is 0.455. The van der Waals surface area contributed by atoms with E-state index in [0.717, 1.165) is 5.56 Å². The smallest absolute Gasteiger partial charge is 0.0840 e. The zero-order valence-corrected chi connectivity index (χ0v) is 8.00. The average molecular weight is 196 g/mol. The number of benzene rings is 1. The van der Waals surface area contributed by atoms with Gasteiger partial charge in [0.05, 0.1) is 12.2 Å². The molecule has 0 amide bonds. The van der Waals surface area contributed by atoms with Crippen molar-refractivity contribution in [2.45, 2.75) is 25.0 Å². The van der Waals surface area contributed by atoms with E-state index < -0.39 is 12.2 Å². The average Bonchev–Trinajstić information content (AvgIpc) is 2.19. The number of aliphatic hydroxyl groups is 3. The van der Waals surface area contributed by atoms with Crippen molar-refractivity contribution in [2.24, 2.45) is 0 Å². The van der Waals surface area contributed by atoms with Gasteiger partial charge in [-0.15, -0.1) is 0 Å². The lowest BCUT2D eigenvalue weighted by Crippen LogP contribution is -2.28. The van der Waals surface area contributed by atoms with Crippen LogP contribution in [0.3, 0.4) is 0 Å². The summed E-state index contributed by atoms with van der Waals surface area (Å²) >= 11 is 0. The molecule has 0 aliphatic heterocycles. The summed E-state index contributed by atoms with van der Waals surface area (Å²) in [6, 6.07) is 9.48. The van der Waals surface area contributed by atoms with Crippen molar-refractivity contribution in [2.75, 3.05) is 6.61 Å². The first-order valence-electron chi connectivity index (χ1n) is 4.75. The molecule has 14 heavy (non-hydrogen) atoms. The van der Waals surface area contributed by atoms with Crippen LogP contribution in [0.2, 0.25) is 0 Å². The maximum atomic E-state index is 9.54. The highest BCUT2D eigenvalue weighted by atomic mass is 16.3. The molecule has 0 heterocycles. The van der Waals surface area contributed by atoms with E-state index in [-0.39, 0.29) is 13.0 Å². The first-order chi connectivity index (χ1) is 6.74. The van der Waals surface area contributed by atoms with Gasteiger partial charge in [0.25, 0.3) is 0 Å². The van der Waals surface area contributed by atoms with Gasteiger partial charge in [0.2, 0.25) is 0 Å². The van der Waals surface area contributed by atoms with E-state index in [4.69, 9.17) is 5.11 Å². The molecular formula is C11H16O3. The summed E-state index contributed by atoms with van der Waals surface area (Å²) in [5, 5.41) is 27.5. The summed E-state index contributed by atoms with van der Waals surface area (Å²) in [6.07, 6.45) is -1.01. The molecule has 2 atom stereocenters. The lowest BCUT2D eigenvalue weighted by Gasteiger charge is -2.16. The fourth-order valence-electron chi connectivity index (χ4n) is 1.32. The first kappa shape index (κ1) is 11.2. The van der Waals surface area contributed by atoms with Crippen LogP contribution in [0.5, 0.6) is 0 Å². The van der Waals surface area contributed by atoms with Crippen molar-refractivity contribution in [3.05, 3.63) is 35.9 Å². The normalized spacial score (nSPS) is 15.1. The molecule has 3 nitrogen and oxygen atoms in total. The van der Waals surface area contributed by atoms with Crippen molar-refractivity contribution < 1.29 is 15.3 Å². The molecule has 3 heteroatoms. The maximum absolute atomic E-state index is 9.54. The lowest BCUT2D eigenvalue weighted by molar-refractivity contribution is 0.00600. The minimum atomic E-state index is -0.847. The Hall–Kier alpha value is -0.900. The largest absolute Gasteiger partial charge is 0.396 e. The van der Waals surface area contributed by atoms with Crippen LogP contribution in [0.25, 0.3) is 0 Å². The molecule has 0 bridgehead atoms. The molecule has 1 rings (SSSR count). The van der Waals surface area contributed by atoms with Gasteiger partial charge in [0.1, 0.15) is 0 Å². The van der Waals surface area contributed by atoms with E-state index in [1.807, 2.05) is 30.3 Å². The molecule has 1 aromatic carbocycles. The highest BCUT2D eigenvalue weighted by Crippen LogP contribution is 2.07. The zero-order chi connectivity index (χ0) is 10.4. The second kappa shape index (κ2) is 5.75. The Morgan fingerprint density at radius 3 is 2.21 bits per heavy atom. The molecule has 0 unspecified atom stereocenters. The third-order valence-corrected chi connectivity index (χ3v) is 2.16. The van der Waals surface area contributed by atoms with Crippen LogP contribution in [0.15, 0.2) is 30.3 Å². The van der Waals surface area contributed by atoms with Crippen LogP contribution in [0, 0.1) is 0 Å². The van der Waals surface area contributed by atoms with Crippen molar-refractivity contribution in [1.29, 1.82) is 0 Å². The monoisotopic (exact) mass is 196 g/mol. The number of rotatable bonds is 5. The van der Waals surface area contributed by atoms with E-state index in [9.17, 15) is 10.2 Å². The SMILES string of the molecule is OCC[C@@H](O)[C@H](O)Cc1ccccc1. The highest BCUT2D eigenvalue weighted by molar-refractivity contribution is 5.15. The van der Waals surface area contributed by atoms with Gasteiger partial charge in [0, 0.05) is 13.0 Å². The first-order valence-corrected chi connectivity index (χ1v) is 4.75. The zero-order valence-electron chi connectivity index (χ0n) is 8.00. The predicted molar refractivity (Wildman–Crippen MR) is 53.9 cm³/mol. The van der Waals surface area contributed by atoms with Crippen LogP contribution in [0.4, 0.5) is 0 Å². The summed E-state index contributed by atoms with van der Waals surface area (Å²) in [5.41, 5.74) is 0.983. The molecule has 3 N–H and O–H groups in total. The van der Waals surface area contributed by atoms with Gasteiger partial charge in [-0.3, -0.25) is 0 Å². The van der Waals surface area contributed by atoms with E-state index in [2.05, 4.69) is 0 Å². The van der Waals surface area contributed by atoms with Gasteiger partial charge in [-0.1, -0.05) is 30.3 Å². The Morgan fingerprint density at radius 1 is 1.00 bits per heavy atom. The Balaban J connectivity index is 2.44. The van der Waals surface area contributed by atoms with E-state index in [0.29, 0.717) is 6.42 Å². The van der Waals surface area contributed by atoms with Gasteiger partial charge in [-0.2, -0.15) is 0 Å². The van der Waals surface area contributed by atoms with Crippen LogP contribution < -0.4 is 0 Å². The molecule has 0 aliphatic rings. The van der Waals surface area contributed by atoms with Crippen molar-refractivity contribution in [3.63, 3.8) is 0 Å². The molecule has 0 radical (unpaired) electrons.